The maximum absolute atomic E-state index is 10.7. The fraction of sp³-hybridized carbons (Fsp3) is 0.0833. The van der Waals surface area contributed by atoms with Crippen molar-refractivity contribution in [3.63, 3.8) is 0 Å². The molecule has 2 N–H and O–H groups in total. The molecule has 2 amide bonds. The summed E-state index contributed by atoms with van der Waals surface area (Å²) >= 11 is 1.71. The molecule has 1 aliphatic heterocycles. The standard InChI is InChI=1S/C8H8N2O2.C4H4S/c9-8(11)10-5-6-3-1-2-4-7(6)12-10;1-2-4-5-3-1/h1-4H,5H2,(H2,9,11);1-4H. The SMILES string of the molecule is NC(=O)N1Cc2ccccc2O1.c1ccsc1. The Balaban J connectivity index is 0.000000181. The quantitative estimate of drug-likeness (QED) is 0.779. The van der Waals surface area contributed by atoms with Crippen molar-refractivity contribution in [3.05, 3.63) is 52.7 Å². The van der Waals surface area contributed by atoms with E-state index in [0.29, 0.717) is 12.3 Å². The van der Waals surface area contributed by atoms with Gasteiger partial charge in [0.25, 0.3) is 0 Å². The van der Waals surface area contributed by atoms with Gasteiger partial charge in [-0.1, -0.05) is 30.3 Å². The Morgan fingerprint density at radius 2 is 1.94 bits per heavy atom. The number of hydrogen-bond acceptors (Lipinski definition) is 3. The number of nitrogens with zero attached hydrogens (tertiary/aromatic N) is 1. The molecule has 0 unspecified atom stereocenters. The molecule has 88 valence electrons. The van der Waals surface area contributed by atoms with Gasteiger partial charge in [-0.2, -0.15) is 16.4 Å². The van der Waals surface area contributed by atoms with Crippen molar-refractivity contribution in [1.29, 1.82) is 0 Å². The van der Waals surface area contributed by atoms with Crippen LogP contribution in [0, 0.1) is 0 Å². The average molecular weight is 248 g/mol. The van der Waals surface area contributed by atoms with E-state index in [-0.39, 0.29) is 0 Å². The first kappa shape index (κ1) is 11.5. The number of primary amides is 1. The molecule has 17 heavy (non-hydrogen) atoms. The normalized spacial score (nSPS) is 12.1. The maximum atomic E-state index is 10.7. The van der Waals surface area contributed by atoms with E-state index in [1.807, 2.05) is 41.1 Å². The number of hydrogen-bond donors (Lipinski definition) is 1. The molecule has 3 rings (SSSR count). The zero-order valence-electron chi connectivity index (χ0n) is 9.08. The lowest BCUT2D eigenvalue weighted by molar-refractivity contribution is 0.00794. The number of nitrogens with two attached hydrogens (primary N) is 1. The summed E-state index contributed by atoms with van der Waals surface area (Å²) in [6.07, 6.45) is 0. The fourth-order valence-electron chi connectivity index (χ4n) is 1.38. The number of para-hydroxylation sites is 1. The van der Waals surface area contributed by atoms with Crippen molar-refractivity contribution in [1.82, 2.24) is 5.06 Å². The predicted octanol–water partition coefficient (Wildman–Crippen LogP) is 2.62. The van der Waals surface area contributed by atoms with Crippen LogP contribution in [0.2, 0.25) is 0 Å². The number of amides is 2. The lowest BCUT2D eigenvalue weighted by Gasteiger charge is -2.09. The molecule has 0 fully saturated rings. The minimum atomic E-state index is -0.564. The van der Waals surface area contributed by atoms with Crippen LogP contribution in [0.5, 0.6) is 5.75 Å². The van der Waals surface area contributed by atoms with Gasteiger partial charge in [-0.25, -0.2) is 4.79 Å². The second-order valence-electron chi connectivity index (χ2n) is 3.37. The van der Waals surface area contributed by atoms with Crippen molar-refractivity contribution >= 4 is 17.4 Å². The molecule has 2 heterocycles. The van der Waals surface area contributed by atoms with Gasteiger partial charge < -0.3 is 10.6 Å². The van der Waals surface area contributed by atoms with E-state index in [4.69, 9.17) is 10.6 Å². The Bertz CT molecular complexity index is 443. The molecule has 4 nitrogen and oxygen atoms in total. The topological polar surface area (TPSA) is 55.6 Å². The summed E-state index contributed by atoms with van der Waals surface area (Å²) in [7, 11) is 0. The second-order valence-corrected chi connectivity index (χ2v) is 4.18. The van der Waals surface area contributed by atoms with E-state index < -0.39 is 6.03 Å². The Hall–Kier alpha value is -2.01. The summed E-state index contributed by atoms with van der Waals surface area (Å²) in [5, 5.41) is 5.21. The van der Waals surface area contributed by atoms with Crippen LogP contribution in [0.3, 0.4) is 0 Å². The molecule has 0 atom stereocenters. The van der Waals surface area contributed by atoms with Crippen molar-refractivity contribution in [2.75, 3.05) is 0 Å². The third-order valence-corrected chi connectivity index (χ3v) is 2.79. The highest BCUT2D eigenvalue weighted by atomic mass is 32.1. The highest BCUT2D eigenvalue weighted by Crippen LogP contribution is 2.26. The molecular weight excluding hydrogens is 236 g/mol. The Morgan fingerprint density at radius 1 is 1.24 bits per heavy atom. The van der Waals surface area contributed by atoms with E-state index >= 15 is 0 Å². The van der Waals surface area contributed by atoms with Gasteiger partial charge in [0.1, 0.15) is 0 Å². The van der Waals surface area contributed by atoms with E-state index in [1.54, 1.807) is 17.4 Å². The van der Waals surface area contributed by atoms with Crippen LogP contribution in [-0.4, -0.2) is 11.1 Å². The predicted molar refractivity (Wildman–Crippen MR) is 66.5 cm³/mol. The minimum Gasteiger partial charge on any atom is -0.375 e. The highest BCUT2D eigenvalue weighted by Gasteiger charge is 2.22. The van der Waals surface area contributed by atoms with Gasteiger partial charge in [0.05, 0.1) is 6.54 Å². The molecule has 0 saturated carbocycles. The van der Waals surface area contributed by atoms with Gasteiger partial charge in [-0.05, 0) is 16.8 Å². The van der Waals surface area contributed by atoms with Crippen molar-refractivity contribution in [2.24, 2.45) is 5.73 Å². The molecule has 0 aliphatic carbocycles. The maximum Gasteiger partial charge on any atom is 0.348 e. The van der Waals surface area contributed by atoms with Gasteiger partial charge in [0.2, 0.25) is 0 Å². The first-order valence-electron chi connectivity index (χ1n) is 5.07. The van der Waals surface area contributed by atoms with Gasteiger partial charge in [-0.15, -0.1) is 0 Å². The second kappa shape index (κ2) is 5.36. The Kier molecular flexibility index (Phi) is 3.62. The highest BCUT2D eigenvalue weighted by molar-refractivity contribution is 7.07. The van der Waals surface area contributed by atoms with Crippen molar-refractivity contribution in [3.8, 4) is 5.75 Å². The summed E-state index contributed by atoms with van der Waals surface area (Å²) in [4.78, 5) is 15.8. The van der Waals surface area contributed by atoms with Crippen molar-refractivity contribution < 1.29 is 9.63 Å². The zero-order valence-corrected chi connectivity index (χ0v) is 9.89. The first-order chi connectivity index (χ1) is 8.27. The summed E-state index contributed by atoms with van der Waals surface area (Å²) in [5.74, 6) is 0.705. The van der Waals surface area contributed by atoms with E-state index in [9.17, 15) is 4.79 Å². The molecule has 0 saturated heterocycles. The largest absolute Gasteiger partial charge is 0.375 e. The fourth-order valence-corrected chi connectivity index (χ4v) is 1.83. The summed E-state index contributed by atoms with van der Waals surface area (Å²) < 4.78 is 0. The van der Waals surface area contributed by atoms with E-state index in [1.165, 1.54) is 0 Å². The molecule has 0 spiro atoms. The van der Waals surface area contributed by atoms with Crippen LogP contribution < -0.4 is 10.6 Å². The third kappa shape index (κ3) is 2.98. The van der Waals surface area contributed by atoms with Gasteiger partial charge in [0.15, 0.2) is 5.75 Å². The molecular formula is C12H12N2O2S. The molecule has 1 aromatic carbocycles. The number of rotatable bonds is 0. The molecule has 0 bridgehead atoms. The summed E-state index contributed by atoms with van der Waals surface area (Å²) in [6.45, 7) is 0.436. The minimum absolute atomic E-state index is 0.436. The molecule has 5 heteroatoms. The molecule has 0 radical (unpaired) electrons. The first-order valence-corrected chi connectivity index (χ1v) is 6.01. The lowest BCUT2D eigenvalue weighted by atomic mass is 10.2. The zero-order chi connectivity index (χ0) is 12.1. The van der Waals surface area contributed by atoms with Crippen LogP contribution in [0.1, 0.15) is 5.56 Å². The number of thiophene rings is 1. The van der Waals surface area contributed by atoms with Crippen LogP contribution in [0.15, 0.2) is 47.2 Å². The molecule has 1 aromatic heterocycles. The summed E-state index contributed by atoms with van der Waals surface area (Å²) in [6, 6.07) is 10.9. The molecule has 1 aliphatic rings. The lowest BCUT2D eigenvalue weighted by Crippen LogP contribution is -2.34. The summed E-state index contributed by atoms with van der Waals surface area (Å²) in [5.41, 5.74) is 6.02. The number of benzene rings is 1. The third-order valence-electron chi connectivity index (χ3n) is 2.17. The van der Waals surface area contributed by atoms with Crippen LogP contribution in [-0.2, 0) is 6.54 Å². The van der Waals surface area contributed by atoms with Gasteiger partial charge >= 0.3 is 6.03 Å². The number of urea groups is 1. The van der Waals surface area contributed by atoms with Crippen LogP contribution in [0.4, 0.5) is 4.79 Å². The number of hydroxylamine groups is 2. The van der Waals surface area contributed by atoms with Crippen LogP contribution in [0.25, 0.3) is 0 Å². The Labute approximate surface area is 103 Å². The van der Waals surface area contributed by atoms with E-state index in [0.717, 1.165) is 10.6 Å². The van der Waals surface area contributed by atoms with Gasteiger partial charge in [-0.3, -0.25) is 0 Å². The number of fused-ring (bicyclic) bond motifs is 1. The molecule has 2 aromatic rings. The van der Waals surface area contributed by atoms with Crippen LogP contribution >= 0.6 is 11.3 Å². The number of carbonyl (C=O) groups is 1. The smallest absolute Gasteiger partial charge is 0.348 e. The average Bonchev–Trinajstić information content (AvgIpc) is 3.01. The Morgan fingerprint density at radius 3 is 2.47 bits per heavy atom. The van der Waals surface area contributed by atoms with E-state index in [2.05, 4.69) is 0 Å². The van der Waals surface area contributed by atoms with Gasteiger partial charge in [0, 0.05) is 5.56 Å². The number of carbonyl (C=O) groups excluding carboxylic acids is 1. The monoisotopic (exact) mass is 248 g/mol. The van der Waals surface area contributed by atoms with Crippen molar-refractivity contribution in [2.45, 2.75) is 6.54 Å².